The first-order chi connectivity index (χ1) is 14.9. The molecule has 0 spiro atoms. The number of carboxylic acid groups (broad SMARTS) is 1. The molecule has 160 valence electrons. The van der Waals surface area contributed by atoms with Crippen molar-refractivity contribution in [2.24, 2.45) is 0 Å². The summed E-state index contributed by atoms with van der Waals surface area (Å²) in [4.78, 5) is 38.1. The summed E-state index contributed by atoms with van der Waals surface area (Å²) in [6, 6.07) is 7.40. The average molecular weight is 460 g/mol. The van der Waals surface area contributed by atoms with E-state index in [-0.39, 0.29) is 11.4 Å². The van der Waals surface area contributed by atoms with Crippen LogP contribution < -0.4 is 5.32 Å². The van der Waals surface area contributed by atoms with Crippen LogP contribution in [-0.4, -0.2) is 76.0 Å². The highest BCUT2D eigenvalue weighted by Crippen LogP contribution is 2.41. The van der Waals surface area contributed by atoms with Gasteiger partial charge in [0, 0.05) is 11.5 Å². The number of tetrazole rings is 1. The lowest BCUT2D eigenvalue weighted by Gasteiger charge is -2.49. The molecule has 0 saturated carbocycles. The molecule has 3 unspecified atom stereocenters. The summed E-state index contributed by atoms with van der Waals surface area (Å²) in [7, 11) is 5.56. The molecule has 1 aromatic heterocycles. The maximum Gasteiger partial charge on any atom is 0.352 e. The number of aliphatic hydroxyl groups is 1. The van der Waals surface area contributed by atoms with Crippen LogP contribution in [0, 0.1) is 7.05 Å². The van der Waals surface area contributed by atoms with Crippen LogP contribution in [0.2, 0.25) is 0 Å². The number of hydrogen-bond donors (Lipinski definition) is 3. The lowest BCUT2D eigenvalue weighted by Crippen LogP contribution is -2.70. The van der Waals surface area contributed by atoms with Gasteiger partial charge in [-0.25, -0.2) is 9.48 Å². The van der Waals surface area contributed by atoms with Crippen molar-refractivity contribution in [2.45, 2.75) is 22.7 Å². The zero-order valence-corrected chi connectivity index (χ0v) is 17.4. The molecule has 2 aromatic rings. The minimum atomic E-state index is -1.43. The van der Waals surface area contributed by atoms with Crippen LogP contribution in [0.15, 0.2) is 46.8 Å². The Morgan fingerprint density at radius 3 is 2.74 bits per heavy atom. The van der Waals surface area contributed by atoms with Crippen molar-refractivity contribution >= 4 is 41.3 Å². The standard InChI is InChI=1S/C18H16N6O5S2/c1-23-18(20-21-22-23)31-8-10-7-30-16-11(15(27)24(16)12(10)17(28)29)19-14(26)13(25)9-5-3-2-4-6-9/h1-6,11,13,16,25H,7-8H2,(H,19,26)(H,28,29). The fourth-order valence-electron chi connectivity index (χ4n) is 3.25. The zero-order valence-electron chi connectivity index (χ0n) is 15.8. The van der Waals surface area contributed by atoms with E-state index in [1.165, 1.54) is 11.8 Å². The summed E-state index contributed by atoms with van der Waals surface area (Å²) in [6.45, 7) is 0. The van der Waals surface area contributed by atoms with E-state index in [2.05, 4.69) is 20.8 Å². The van der Waals surface area contributed by atoms with Crippen molar-refractivity contribution in [3.05, 3.63) is 54.2 Å². The Bertz CT molecular complexity index is 1060. The monoisotopic (exact) mass is 460 g/mol. The molecule has 3 heterocycles. The second-order valence-electron chi connectivity index (χ2n) is 6.66. The number of hydrogen-bond acceptors (Lipinski definition) is 9. The smallest absolute Gasteiger partial charge is 0.352 e. The molecule has 31 heavy (non-hydrogen) atoms. The van der Waals surface area contributed by atoms with E-state index in [0.29, 0.717) is 22.0 Å². The summed E-state index contributed by atoms with van der Waals surface area (Å²) in [5, 5.41) is 32.8. The van der Waals surface area contributed by atoms with E-state index in [0.717, 1.165) is 21.3 Å². The third-order valence-electron chi connectivity index (χ3n) is 4.75. The number of fused-ring (bicyclic) bond motifs is 1. The summed E-state index contributed by atoms with van der Waals surface area (Å²) >= 11 is 2.48. The molecule has 2 radical (unpaired) electrons. The molecule has 11 nitrogen and oxygen atoms in total. The number of carbonyl (C=O) groups is 3. The summed E-state index contributed by atoms with van der Waals surface area (Å²) in [6.07, 6.45) is -1.43. The van der Waals surface area contributed by atoms with Crippen molar-refractivity contribution in [1.29, 1.82) is 0 Å². The number of rotatable bonds is 7. The quantitative estimate of drug-likeness (QED) is 0.373. The Labute approximate surface area is 184 Å². The van der Waals surface area contributed by atoms with Crippen molar-refractivity contribution < 1.29 is 24.6 Å². The third-order valence-corrected chi connectivity index (χ3v) is 7.11. The number of aromatic nitrogens is 4. The Morgan fingerprint density at radius 2 is 2.10 bits per heavy atom. The molecule has 2 amide bonds. The van der Waals surface area contributed by atoms with Gasteiger partial charge in [-0.1, -0.05) is 42.1 Å². The van der Waals surface area contributed by atoms with E-state index >= 15 is 0 Å². The van der Waals surface area contributed by atoms with Crippen LogP contribution in [-0.2, 0) is 14.4 Å². The Balaban J connectivity index is 1.46. The lowest BCUT2D eigenvalue weighted by atomic mass is 10.0. The van der Waals surface area contributed by atoms with E-state index in [9.17, 15) is 24.6 Å². The number of thioether (sulfide) groups is 2. The molecule has 1 saturated heterocycles. The molecule has 4 rings (SSSR count). The van der Waals surface area contributed by atoms with Crippen molar-refractivity contribution in [3.63, 3.8) is 0 Å². The number of amides is 2. The number of β-lactam (4-membered cyclic amide) rings is 1. The Kier molecular flexibility index (Phi) is 5.98. The van der Waals surface area contributed by atoms with E-state index in [4.69, 9.17) is 7.05 Å². The predicted molar refractivity (Wildman–Crippen MR) is 109 cm³/mol. The van der Waals surface area contributed by atoms with Gasteiger partial charge in [-0.3, -0.25) is 14.5 Å². The second-order valence-corrected chi connectivity index (χ2v) is 8.71. The maximum atomic E-state index is 12.7. The van der Waals surface area contributed by atoms with E-state index in [1.54, 1.807) is 30.3 Å². The van der Waals surface area contributed by atoms with Gasteiger partial charge in [0.2, 0.25) is 5.16 Å². The molecule has 0 aliphatic carbocycles. The van der Waals surface area contributed by atoms with Crippen LogP contribution in [0.1, 0.15) is 11.7 Å². The van der Waals surface area contributed by atoms with Crippen molar-refractivity contribution in [2.75, 3.05) is 11.5 Å². The van der Waals surface area contributed by atoms with Crippen molar-refractivity contribution in [1.82, 2.24) is 30.4 Å². The first-order valence-electron chi connectivity index (χ1n) is 8.98. The Hall–Kier alpha value is -2.90. The van der Waals surface area contributed by atoms with E-state index in [1.807, 2.05) is 0 Å². The molecule has 1 fully saturated rings. The van der Waals surface area contributed by atoms with Gasteiger partial charge in [0.05, 0.1) is 0 Å². The number of nitrogens with zero attached hydrogens (tertiary/aromatic N) is 5. The number of aliphatic carboxylic acids is 1. The second kappa shape index (κ2) is 8.69. The topological polar surface area (TPSA) is 151 Å². The SMILES string of the molecule is [CH]n1nnnc1SCC1=C(C(=O)O)N2C(=O)C(NC(=O)C(O)c3ccccc3)C2SC1. The number of nitrogens with one attached hydrogen (secondary N) is 1. The zero-order chi connectivity index (χ0) is 22.1. The minimum absolute atomic E-state index is 0.119. The summed E-state index contributed by atoms with van der Waals surface area (Å²) in [5.74, 6) is -1.94. The molecule has 1 aromatic carbocycles. The highest BCUT2D eigenvalue weighted by molar-refractivity contribution is 8.01. The lowest BCUT2D eigenvalue weighted by molar-refractivity contribution is -0.151. The first-order valence-corrected chi connectivity index (χ1v) is 11.0. The molecular weight excluding hydrogens is 444 g/mol. The molecule has 2 aliphatic heterocycles. The fraction of sp³-hybridized carbons (Fsp3) is 0.278. The van der Waals surface area contributed by atoms with Gasteiger partial charge in [-0.15, -0.1) is 16.9 Å². The van der Waals surface area contributed by atoms with Crippen LogP contribution in [0.5, 0.6) is 0 Å². The van der Waals surface area contributed by atoms with E-state index < -0.39 is 35.3 Å². The van der Waals surface area contributed by atoms with Crippen LogP contribution >= 0.6 is 23.5 Å². The molecule has 3 atom stereocenters. The largest absolute Gasteiger partial charge is 0.477 e. The predicted octanol–water partition coefficient (Wildman–Crippen LogP) is -0.246. The summed E-state index contributed by atoms with van der Waals surface area (Å²) in [5.41, 5.74) is 0.795. The van der Waals surface area contributed by atoms with Gasteiger partial charge < -0.3 is 15.5 Å². The number of carboxylic acids is 1. The average Bonchev–Trinajstić information content (AvgIpc) is 3.19. The molecule has 13 heteroatoms. The number of carbonyl (C=O) groups excluding carboxylic acids is 2. The van der Waals surface area contributed by atoms with Crippen LogP contribution in [0.25, 0.3) is 0 Å². The highest BCUT2D eigenvalue weighted by atomic mass is 32.2. The molecular formula is C18H16N6O5S2. The minimum Gasteiger partial charge on any atom is -0.477 e. The first kappa shape index (κ1) is 21.3. The third kappa shape index (κ3) is 4.03. The maximum absolute atomic E-state index is 12.7. The van der Waals surface area contributed by atoms with Crippen LogP contribution in [0.4, 0.5) is 0 Å². The fourth-order valence-corrected chi connectivity index (χ4v) is 5.53. The highest BCUT2D eigenvalue weighted by Gasteiger charge is 2.54. The summed E-state index contributed by atoms with van der Waals surface area (Å²) < 4.78 is 0.975. The number of benzene rings is 1. The molecule has 2 aliphatic rings. The number of aliphatic hydroxyl groups excluding tert-OH is 1. The van der Waals surface area contributed by atoms with Crippen molar-refractivity contribution in [3.8, 4) is 0 Å². The van der Waals surface area contributed by atoms with Gasteiger partial charge in [-0.05, 0) is 21.6 Å². The molecule has 3 N–H and O–H groups in total. The Morgan fingerprint density at radius 1 is 1.35 bits per heavy atom. The van der Waals surface area contributed by atoms with Gasteiger partial charge in [0.15, 0.2) is 6.10 Å². The van der Waals surface area contributed by atoms with Crippen LogP contribution in [0.3, 0.4) is 0 Å². The normalized spacial score (nSPS) is 21.4. The van der Waals surface area contributed by atoms with Gasteiger partial charge in [0.25, 0.3) is 11.8 Å². The van der Waals surface area contributed by atoms with Gasteiger partial charge >= 0.3 is 5.97 Å². The van der Waals surface area contributed by atoms with Gasteiger partial charge in [-0.2, -0.15) is 0 Å². The molecule has 0 bridgehead atoms. The van der Waals surface area contributed by atoms with Gasteiger partial charge in [0.1, 0.15) is 24.2 Å².